The van der Waals surface area contributed by atoms with Crippen molar-refractivity contribution in [1.29, 1.82) is 0 Å². The Morgan fingerprint density at radius 3 is 2.85 bits per heavy atom. The highest BCUT2D eigenvalue weighted by molar-refractivity contribution is 7.81. The van der Waals surface area contributed by atoms with Gasteiger partial charge < -0.3 is 11.1 Å². The van der Waals surface area contributed by atoms with Gasteiger partial charge in [-0.1, -0.05) is 66.8 Å². The molecule has 2 aromatic carbocycles. The zero-order valence-electron chi connectivity index (χ0n) is 15.2. The van der Waals surface area contributed by atoms with Crippen LogP contribution in [0, 0.1) is 0 Å². The predicted molar refractivity (Wildman–Crippen MR) is 117 cm³/mol. The largest absolute Gasteiger partial charge is 0.383 e. The van der Waals surface area contributed by atoms with Crippen molar-refractivity contribution in [3.63, 3.8) is 0 Å². The van der Waals surface area contributed by atoms with E-state index in [1.807, 2.05) is 18.2 Å². The molecule has 0 spiro atoms. The van der Waals surface area contributed by atoms with Crippen LogP contribution in [0.25, 0.3) is 0 Å². The van der Waals surface area contributed by atoms with Crippen molar-refractivity contribution in [3.05, 3.63) is 89.0 Å². The van der Waals surface area contributed by atoms with Crippen LogP contribution in [0.5, 0.6) is 0 Å². The quantitative estimate of drug-likeness (QED) is 0.453. The zero-order chi connectivity index (χ0) is 18.6. The molecule has 1 atom stereocenters. The van der Waals surface area contributed by atoms with Crippen LogP contribution in [-0.4, -0.2) is 10.7 Å². The molecule has 4 heteroatoms. The first-order valence-corrected chi connectivity index (χ1v) is 9.76. The van der Waals surface area contributed by atoms with Gasteiger partial charge in [0, 0.05) is 29.4 Å². The Morgan fingerprint density at radius 1 is 1.19 bits per heavy atom. The molecular formula is C23H23N3S. The standard InChI is InChI=1S/C23H23N3S/c24-23(20-8-4-5-9-22(20)27)26-18-11-12-19-17(14-18)10-13-21(19)25-15-16-6-2-1-3-7-16/h1-8,11-12,14,21,25H,9-10,13,15H2,(H2,24,26). The maximum absolute atomic E-state index is 6.20. The van der Waals surface area contributed by atoms with E-state index in [4.69, 9.17) is 18.0 Å². The maximum Gasteiger partial charge on any atom is 0.132 e. The first-order chi connectivity index (χ1) is 13.2. The van der Waals surface area contributed by atoms with Crippen molar-refractivity contribution in [2.24, 2.45) is 10.7 Å². The van der Waals surface area contributed by atoms with Gasteiger partial charge in [-0.2, -0.15) is 0 Å². The van der Waals surface area contributed by atoms with E-state index in [-0.39, 0.29) is 0 Å². The van der Waals surface area contributed by atoms with Gasteiger partial charge in [-0.25, -0.2) is 4.99 Å². The number of nitrogens with zero attached hydrogens (tertiary/aromatic N) is 1. The molecule has 0 radical (unpaired) electrons. The number of nitrogens with two attached hydrogens (primary N) is 1. The van der Waals surface area contributed by atoms with Crippen LogP contribution >= 0.6 is 12.2 Å². The van der Waals surface area contributed by atoms with Crippen LogP contribution in [0.1, 0.15) is 35.6 Å². The fraction of sp³-hybridized carbons (Fsp3) is 0.217. The molecule has 2 aliphatic carbocycles. The second-order valence-corrected chi connectivity index (χ2v) is 7.47. The van der Waals surface area contributed by atoms with Crippen molar-refractivity contribution in [2.45, 2.75) is 31.8 Å². The van der Waals surface area contributed by atoms with Crippen molar-refractivity contribution >= 4 is 28.6 Å². The molecule has 4 rings (SSSR count). The van der Waals surface area contributed by atoms with E-state index in [0.717, 1.165) is 41.9 Å². The van der Waals surface area contributed by atoms with Gasteiger partial charge in [0.2, 0.25) is 0 Å². The zero-order valence-corrected chi connectivity index (χ0v) is 16.0. The van der Waals surface area contributed by atoms with E-state index in [9.17, 15) is 0 Å². The number of rotatable bonds is 5. The minimum atomic E-state index is 0.398. The maximum atomic E-state index is 6.20. The molecular weight excluding hydrogens is 350 g/mol. The van der Waals surface area contributed by atoms with Crippen molar-refractivity contribution in [3.8, 4) is 0 Å². The van der Waals surface area contributed by atoms with E-state index in [0.29, 0.717) is 11.9 Å². The van der Waals surface area contributed by atoms with Gasteiger partial charge in [0.05, 0.1) is 5.69 Å². The number of benzene rings is 2. The van der Waals surface area contributed by atoms with Gasteiger partial charge in [0.1, 0.15) is 5.84 Å². The number of thiocarbonyl (C=S) groups is 1. The van der Waals surface area contributed by atoms with Crippen LogP contribution in [0.3, 0.4) is 0 Å². The van der Waals surface area contributed by atoms with Crippen molar-refractivity contribution in [1.82, 2.24) is 5.32 Å². The molecule has 0 saturated carbocycles. The molecule has 0 aromatic heterocycles. The minimum Gasteiger partial charge on any atom is -0.383 e. The second-order valence-electron chi connectivity index (χ2n) is 6.97. The molecule has 1 unspecified atom stereocenters. The fourth-order valence-electron chi connectivity index (χ4n) is 3.69. The predicted octanol–water partition coefficient (Wildman–Crippen LogP) is 4.71. The van der Waals surface area contributed by atoms with Crippen LogP contribution < -0.4 is 11.1 Å². The van der Waals surface area contributed by atoms with Crippen LogP contribution in [-0.2, 0) is 13.0 Å². The van der Waals surface area contributed by atoms with Gasteiger partial charge >= 0.3 is 0 Å². The molecule has 3 N–H and O–H groups in total. The molecule has 2 aliphatic rings. The highest BCUT2D eigenvalue weighted by Crippen LogP contribution is 2.34. The van der Waals surface area contributed by atoms with Gasteiger partial charge in [0.25, 0.3) is 0 Å². The minimum absolute atomic E-state index is 0.398. The third-order valence-corrected chi connectivity index (χ3v) is 5.51. The first kappa shape index (κ1) is 17.8. The fourth-order valence-corrected chi connectivity index (χ4v) is 3.96. The molecule has 0 amide bonds. The summed E-state index contributed by atoms with van der Waals surface area (Å²) in [5.74, 6) is 0.501. The molecule has 0 saturated heterocycles. The molecule has 0 fully saturated rings. The van der Waals surface area contributed by atoms with E-state index in [1.165, 1.54) is 16.7 Å². The SMILES string of the molecule is NC(=Nc1ccc2c(c1)CCC2NCc1ccccc1)C1=CC=CCC1=S. The average molecular weight is 374 g/mol. The molecule has 0 bridgehead atoms. The van der Waals surface area contributed by atoms with E-state index >= 15 is 0 Å². The Morgan fingerprint density at radius 2 is 2.04 bits per heavy atom. The molecule has 136 valence electrons. The lowest BCUT2D eigenvalue weighted by molar-refractivity contribution is 0.530. The third kappa shape index (κ3) is 4.07. The van der Waals surface area contributed by atoms with E-state index < -0.39 is 0 Å². The Hall–Kier alpha value is -2.56. The highest BCUT2D eigenvalue weighted by atomic mass is 32.1. The summed E-state index contributed by atoms with van der Waals surface area (Å²) in [7, 11) is 0. The summed E-state index contributed by atoms with van der Waals surface area (Å²) >= 11 is 5.40. The van der Waals surface area contributed by atoms with Crippen LogP contribution in [0.2, 0.25) is 0 Å². The Balaban J connectivity index is 1.48. The second kappa shape index (κ2) is 7.99. The molecule has 3 nitrogen and oxygen atoms in total. The number of nitrogens with one attached hydrogen (secondary N) is 1. The number of hydrogen-bond acceptors (Lipinski definition) is 3. The first-order valence-electron chi connectivity index (χ1n) is 9.35. The monoisotopic (exact) mass is 373 g/mol. The summed E-state index contributed by atoms with van der Waals surface area (Å²) in [6, 6.07) is 17.3. The number of fused-ring (bicyclic) bond motifs is 1. The normalized spacial score (nSPS) is 19.1. The van der Waals surface area contributed by atoms with Crippen LogP contribution in [0.15, 0.2) is 77.3 Å². The topological polar surface area (TPSA) is 50.4 Å². The summed E-state index contributed by atoms with van der Waals surface area (Å²) < 4.78 is 0. The van der Waals surface area contributed by atoms with E-state index in [2.05, 4.69) is 58.8 Å². The number of aryl methyl sites for hydroxylation is 1. The lowest BCUT2D eigenvalue weighted by Gasteiger charge is -2.14. The molecule has 2 aromatic rings. The summed E-state index contributed by atoms with van der Waals surface area (Å²) in [4.78, 5) is 5.47. The number of amidine groups is 1. The smallest absolute Gasteiger partial charge is 0.132 e. The molecule has 0 aliphatic heterocycles. The number of allylic oxidation sites excluding steroid dienone is 3. The summed E-state index contributed by atoms with van der Waals surface area (Å²) in [6.45, 7) is 0.886. The molecule has 27 heavy (non-hydrogen) atoms. The Labute approximate surface area is 165 Å². The average Bonchev–Trinajstić information content (AvgIpc) is 3.10. The van der Waals surface area contributed by atoms with E-state index in [1.54, 1.807) is 0 Å². The van der Waals surface area contributed by atoms with Gasteiger partial charge in [-0.15, -0.1) is 0 Å². The highest BCUT2D eigenvalue weighted by Gasteiger charge is 2.22. The van der Waals surface area contributed by atoms with Gasteiger partial charge in [-0.3, -0.25) is 0 Å². The lowest BCUT2D eigenvalue weighted by atomic mass is 10.0. The number of aliphatic imine (C=N–C) groups is 1. The van der Waals surface area contributed by atoms with Crippen molar-refractivity contribution < 1.29 is 0 Å². The van der Waals surface area contributed by atoms with Gasteiger partial charge in [0.15, 0.2) is 0 Å². The Bertz CT molecular complexity index is 941. The summed E-state index contributed by atoms with van der Waals surface area (Å²) in [5, 5.41) is 3.68. The summed E-state index contributed by atoms with van der Waals surface area (Å²) in [6.07, 6.45) is 8.91. The lowest BCUT2D eigenvalue weighted by Crippen LogP contribution is -2.20. The summed E-state index contributed by atoms with van der Waals surface area (Å²) in [5.41, 5.74) is 12.0. The Kier molecular flexibility index (Phi) is 5.28. The number of hydrogen-bond donors (Lipinski definition) is 2. The molecule has 0 heterocycles. The van der Waals surface area contributed by atoms with Crippen LogP contribution in [0.4, 0.5) is 5.69 Å². The third-order valence-electron chi connectivity index (χ3n) is 5.13. The van der Waals surface area contributed by atoms with Gasteiger partial charge in [-0.05, 0) is 41.7 Å². The van der Waals surface area contributed by atoms with Crippen molar-refractivity contribution in [2.75, 3.05) is 0 Å².